The number of hydrogen-bond donors (Lipinski definition) is 1. The van der Waals surface area contributed by atoms with Gasteiger partial charge in [0, 0.05) is 0 Å². The Morgan fingerprint density at radius 1 is 1.57 bits per heavy atom. The molecule has 0 fully saturated rings. The molecule has 0 bridgehead atoms. The van der Waals surface area contributed by atoms with Crippen molar-refractivity contribution in [3.05, 3.63) is 0 Å². The lowest BCUT2D eigenvalue weighted by molar-refractivity contribution is -0.147. The van der Waals surface area contributed by atoms with Gasteiger partial charge in [0.2, 0.25) is 5.78 Å². The van der Waals surface area contributed by atoms with E-state index in [-0.39, 0.29) is 5.33 Å². The second-order valence-electron chi connectivity index (χ2n) is 0.862. The highest BCUT2D eigenvalue weighted by Crippen LogP contribution is 1.80. The van der Waals surface area contributed by atoms with Gasteiger partial charge in [-0.15, -0.1) is 0 Å². The number of alkyl halides is 1. The molecule has 0 rings (SSSR count). The van der Waals surface area contributed by atoms with Gasteiger partial charge in [0.25, 0.3) is 0 Å². The molecule has 1 N–H and O–H groups in total. The number of hydrogen-bond acceptors (Lipinski definition) is 2. The Labute approximate surface area is 48.5 Å². The zero-order chi connectivity index (χ0) is 5.86. The summed E-state index contributed by atoms with van der Waals surface area (Å²) < 4.78 is 0. The van der Waals surface area contributed by atoms with Crippen molar-refractivity contribution in [2.24, 2.45) is 0 Å². The minimum Gasteiger partial charge on any atom is -0.475 e. The third kappa shape index (κ3) is 2.33. The maximum Gasteiger partial charge on any atom is 0.373 e. The molecule has 0 aromatic carbocycles. The highest BCUT2D eigenvalue weighted by Gasteiger charge is 2.06. The van der Waals surface area contributed by atoms with E-state index in [0.29, 0.717) is 0 Å². The predicted molar refractivity (Wildman–Crippen MR) is 26.4 cm³/mol. The minimum absolute atomic E-state index is 0.109. The number of carboxylic acids is 1. The third-order valence-electron chi connectivity index (χ3n) is 0.360. The Hall–Kier alpha value is -0.380. The zero-order valence-electron chi connectivity index (χ0n) is 3.35. The summed E-state index contributed by atoms with van der Waals surface area (Å²) in [5.41, 5.74) is 0. The predicted octanol–water partition coefficient (Wildman–Crippen LogP) is 0.0350. The van der Waals surface area contributed by atoms with E-state index >= 15 is 0 Å². The van der Waals surface area contributed by atoms with E-state index in [0.717, 1.165) is 0 Å². The van der Waals surface area contributed by atoms with Crippen LogP contribution in [0.4, 0.5) is 0 Å². The highest BCUT2D eigenvalue weighted by atomic mass is 79.9. The van der Waals surface area contributed by atoms with E-state index < -0.39 is 11.8 Å². The second-order valence-corrected chi connectivity index (χ2v) is 1.42. The number of rotatable bonds is 2. The van der Waals surface area contributed by atoms with E-state index in [9.17, 15) is 9.59 Å². The van der Waals surface area contributed by atoms with Gasteiger partial charge in [-0.25, -0.2) is 4.79 Å². The van der Waals surface area contributed by atoms with Crippen LogP contribution in [0.3, 0.4) is 0 Å². The van der Waals surface area contributed by atoms with Gasteiger partial charge >= 0.3 is 5.97 Å². The van der Waals surface area contributed by atoms with E-state index in [1.165, 1.54) is 0 Å². The van der Waals surface area contributed by atoms with Crippen molar-refractivity contribution in [2.75, 3.05) is 5.33 Å². The van der Waals surface area contributed by atoms with Gasteiger partial charge in [0.1, 0.15) is 0 Å². The van der Waals surface area contributed by atoms with Gasteiger partial charge in [-0.2, -0.15) is 0 Å². The molecule has 0 aromatic heterocycles. The fourth-order valence-corrected chi connectivity index (χ4v) is 0.297. The van der Waals surface area contributed by atoms with Crippen molar-refractivity contribution < 1.29 is 14.7 Å². The average Bonchev–Trinajstić information content (AvgIpc) is 1.65. The summed E-state index contributed by atoms with van der Waals surface area (Å²) in [5, 5.41) is 7.69. The van der Waals surface area contributed by atoms with E-state index in [1.807, 2.05) is 0 Å². The van der Waals surface area contributed by atoms with Crippen LogP contribution in [0.15, 0.2) is 0 Å². The molecule has 0 unspecified atom stereocenters. The molecule has 0 aliphatic carbocycles. The topological polar surface area (TPSA) is 54.4 Å². The monoisotopic (exact) mass is 167 g/mol. The lowest BCUT2D eigenvalue weighted by Crippen LogP contribution is -2.12. The minimum atomic E-state index is -1.39. The maximum absolute atomic E-state index is 9.87. The summed E-state index contributed by atoms with van der Waals surface area (Å²) in [4.78, 5) is 19.4. The molecule has 0 heterocycles. The molecule has 0 radical (unpaired) electrons. The lowest BCUT2D eigenvalue weighted by atomic mass is 10.7. The highest BCUT2D eigenvalue weighted by molar-refractivity contribution is 9.09. The van der Waals surface area contributed by atoms with Gasteiger partial charge in [-0.05, 0) is 0 Å². The first-order chi connectivity index (χ1) is 3.18. The van der Waals surface area contributed by atoms with Crippen molar-refractivity contribution in [2.45, 2.75) is 0 Å². The van der Waals surface area contributed by atoms with Crippen LogP contribution >= 0.6 is 15.9 Å². The molecule has 0 spiro atoms. The van der Waals surface area contributed by atoms with Crippen LogP contribution in [-0.4, -0.2) is 22.2 Å². The Balaban J connectivity index is 3.58. The maximum atomic E-state index is 9.87. The number of aliphatic carboxylic acids is 1. The van der Waals surface area contributed by atoms with Gasteiger partial charge in [-0.3, -0.25) is 4.79 Å². The largest absolute Gasteiger partial charge is 0.475 e. The first kappa shape index (κ1) is 6.62. The molecule has 0 saturated heterocycles. The Kier molecular flexibility index (Phi) is 2.59. The van der Waals surface area contributed by atoms with Gasteiger partial charge in [0.15, 0.2) is 0 Å². The third-order valence-corrected chi connectivity index (χ3v) is 0.869. The van der Waals surface area contributed by atoms with Crippen LogP contribution in [0, 0.1) is 0 Å². The summed E-state index contributed by atoms with van der Waals surface area (Å²) in [6, 6.07) is 0. The molecule has 0 atom stereocenters. The summed E-state index contributed by atoms with van der Waals surface area (Å²) in [5.74, 6) is -2.21. The summed E-state index contributed by atoms with van der Waals surface area (Å²) in [6.07, 6.45) is 0. The fraction of sp³-hybridized carbons (Fsp3) is 0.333. The van der Waals surface area contributed by atoms with E-state index in [1.54, 1.807) is 0 Å². The Bertz CT molecular complexity index is 98.4. The van der Waals surface area contributed by atoms with E-state index in [4.69, 9.17) is 5.11 Å². The number of carbonyl (C=O) groups excluding carboxylic acids is 1. The summed E-state index contributed by atoms with van der Waals surface area (Å²) in [7, 11) is 0. The summed E-state index contributed by atoms with van der Waals surface area (Å²) >= 11 is 2.68. The second kappa shape index (κ2) is 2.74. The average molecular weight is 168 g/mol. The van der Waals surface area contributed by atoms with Gasteiger partial charge < -0.3 is 5.11 Å². The molecule has 0 aliphatic rings. The Morgan fingerprint density at radius 3 is 2.00 bits per heavy atom. The SMILES string of the molecule is O=C(CBr)[13C](=O)O. The molecular weight excluding hydrogens is 165 g/mol. The van der Waals surface area contributed by atoms with Crippen LogP contribution in [0.5, 0.6) is 0 Å². The van der Waals surface area contributed by atoms with Crippen LogP contribution in [-0.2, 0) is 9.59 Å². The summed E-state index contributed by atoms with van der Waals surface area (Å²) in [6.45, 7) is 0. The molecule has 0 aromatic rings. The molecule has 40 valence electrons. The standard InChI is InChI=1S/C3H3BrO3/c4-1-2(5)3(6)7/h1H2,(H,6,7)/i3+1. The molecule has 0 aliphatic heterocycles. The van der Waals surface area contributed by atoms with Crippen molar-refractivity contribution in [1.29, 1.82) is 0 Å². The number of carboxylic acid groups (broad SMARTS) is 1. The molecule has 0 saturated carbocycles. The molecule has 7 heavy (non-hydrogen) atoms. The number of ketones is 1. The Morgan fingerprint density at radius 2 is 2.00 bits per heavy atom. The normalized spacial score (nSPS) is 8.14. The van der Waals surface area contributed by atoms with Crippen LogP contribution in [0.2, 0.25) is 0 Å². The lowest BCUT2D eigenvalue weighted by Gasteiger charge is -1.79. The van der Waals surface area contributed by atoms with Crippen LogP contribution < -0.4 is 0 Å². The fourth-order valence-electron chi connectivity index (χ4n) is 0.0572. The molecule has 0 amide bonds. The van der Waals surface area contributed by atoms with Gasteiger partial charge in [0.05, 0.1) is 5.33 Å². The van der Waals surface area contributed by atoms with Crippen molar-refractivity contribution in [3.63, 3.8) is 0 Å². The number of halogens is 1. The number of Topliss-reactive ketones (excluding diaryl/α,β-unsaturated/α-hetero) is 1. The quantitative estimate of drug-likeness (QED) is 0.359. The van der Waals surface area contributed by atoms with Crippen LogP contribution in [0.25, 0.3) is 0 Å². The molecule has 3 nitrogen and oxygen atoms in total. The van der Waals surface area contributed by atoms with Crippen LogP contribution in [0.1, 0.15) is 0 Å². The molecule has 4 heteroatoms. The number of carbonyl (C=O) groups is 2. The van der Waals surface area contributed by atoms with Crippen molar-refractivity contribution in [1.82, 2.24) is 0 Å². The van der Waals surface area contributed by atoms with E-state index in [2.05, 4.69) is 15.9 Å². The molecular formula is C3H3BrO3. The van der Waals surface area contributed by atoms with Crippen molar-refractivity contribution >= 4 is 27.7 Å². The van der Waals surface area contributed by atoms with Crippen molar-refractivity contribution in [3.8, 4) is 0 Å². The first-order valence-electron chi connectivity index (χ1n) is 1.50. The smallest absolute Gasteiger partial charge is 0.373 e. The zero-order valence-corrected chi connectivity index (χ0v) is 4.93. The first-order valence-corrected chi connectivity index (χ1v) is 2.62. The van der Waals surface area contributed by atoms with Gasteiger partial charge in [-0.1, -0.05) is 15.9 Å².